The third-order valence-corrected chi connectivity index (χ3v) is 3.74. The molecule has 0 heterocycles. The fourth-order valence-corrected chi connectivity index (χ4v) is 2.71. The monoisotopic (exact) mass is 304 g/mol. The fourth-order valence-electron chi connectivity index (χ4n) is 2.53. The van der Waals surface area contributed by atoms with Gasteiger partial charge >= 0.3 is 12.1 Å². The van der Waals surface area contributed by atoms with Crippen molar-refractivity contribution in [1.82, 2.24) is 0 Å². The second-order valence-corrected chi connectivity index (χ2v) is 5.38. The van der Waals surface area contributed by atoms with Gasteiger partial charge in [0.05, 0.1) is 0 Å². The maximum atomic E-state index is 13.2. The molecule has 1 N–H and O–H groups in total. The van der Waals surface area contributed by atoms with Crippen LogP contribution in [0.1, 0.15) is 43.6 Å². The Morgan fingerprint density at radius 2 is 1.95 bits per heavy atom. The first-order valence-corrected chi connectivity index (χ1v) is 6.87. The van der Waals surface area contributed by atoms with Gasteiger partial charge in [-0.05, 0) is 42.5 Å². The highest BCUT2D eigenvalue weighted by molar-refractivity contribution is 6.30. The molecule has 6 heteroatoms. The van der Waals surface area contributed by atoms with Crippen LogP contribution in [0.4, 0.5) is 8.78 Å². The van der Waals surface area contributed by atoms with E-state index in [9.17, 15) is 13.6 Å². The van der Waals surface area contributed by atoms with Crippen LogP contribution in [0.15, 0.2) is 18.2 Å². The molecule has 0 radical (unpaired) electrons. The highest BCUT2D eigenvalue weighted by Gasteiger charge is 2.43. The van der Waals surface area contributed by atoms with E-state index in [4.69, 9.17) is 16.7 Å². The lowest BCUT2D eigenvalue weighted by atomic mass is 9.84. The molecule has 0 spiro atoms. The number of carboxylic acids is 1. The predicted molar refractivity (Wildman–Crippen MR) is 70.5 cm³/mol. The lowest BCUT2D eigenvalue weighted by Gasteiger charge is -2.25. The fraction of sp³-hybridized carbons (Fsp3) is 0.500. The Morgan fingerprint density at radius 3 is 2.55 bits per heavy atom. The van der Waals surface area contributed by atoms with Gasteiger partial charge in [-0.2, -0.15) is 8.78 Å². The van der Waals surface area contributed by atoms with Gasteiger partial charge in [0.15, 0.2) is 0 Å². The van der Waals surface area contributed by atoms with Gasteiger partial charge < -0.3 is 9.84 Å². The van der Waals surface area contributed by atoms with Crippen LogP contribution in [0.5, 0.6) is 5.75 Å². The molecule has 0 unspecified atom stereocenters. The zero-order valence-corrected chi connectivity index (χ0v) is 11.5. The van der Waals surface area contributed by atoms with Crippen molar-refractivity contribution in [2.24, 2.45) is 0 Å². The van der Waals surface area contributed by atoms with E-state index in [1.807, 2.05) is 0 Å². The lowest BCUT2D eigenvalue weighted by Crippen LogP contribution is -2.35. The molecule has 0 aromatic heterocycles. The number of alkyl halides is 2. The van der Waals surface area contributed by atoms with E-state index < -0.39 is 12.1 Å². The Labute approximate surface area is 120 Å². The summed E-state index contributed by atoms with van der Waals surface area (Å²) >= 11 is 5.91. The zero-order chi connectivity index (χ0) is 14.8. The molecular weight excluding hydrogens is 290 g/mol. The number of halogens is 3. The highest BCUT2D eigenvalue weighted by Crippen LogP contribution is 2.40. The molecule has 0 atom stereocenters. The summed E-state index contributed by atoms with van der Waals surface area (Å²) in [6.45, 7) is 0. The average Bonchev–Trinajstić information content (AvgIpc) is 2.41. The number of hydrogen-bond donors (Lipinski definition) is 1. The van der Waals surface area contributed by atoms with Crippen molar-refractivity contribution in [1.29, 1.82) is 0 Å². The van der Waals surface area contributed by atoms with E-state index in [1.165, 1.54) is 12.1 Å². The Morgan fingerprint density at radius 1 is 1.30 bits per heavy atom. The summed E-state index contributed by atoms with van der Waals surface area (Å²) in [5.74, 6) is -2.32. The minimum atomic E-state index is -4.24. The van der Waals surface area contributed by atoms with Crippen molar-refractivity contribution in [2.75, 3.05) is 0 Å². The molecule has 2 rings (SSSR count). The molecule has 1 aliphatic rings. The van der Waals surface area contributed by atoms with Crippen LogP contribution < -0.4 is 4.74 Å². The largest absolute Gasteiger partial charge is 0.501 e. The molecule has 1 aliphatic carbocycles. The molecule has 1 aromatic carbocycles. The van der Waals surface area contributed by atoms with Gasteiger partial charge in [-0.1, -0.05) is 30.9 Å². The van der Waals surface area contributed by atoms with Crippen molar-refractivity contribution in [2.45, 2.75) is 44.1 Å². The van der Waals surface area contributed by atoms with Gasteiger partial charge in [0.1, 0.15) is 5.75 Å². The molecular formula is C14H15ClF2O3. The van der Waals surface area contributed by atoms with Crippen LogP contribution in [0.3, 0.4) is 0 Å². The highest BCUT2D eigenvalue weighted by atomic mass is 35.5. The van der Waals surface area contributed by atoms with E-state index in [0.29, 0.717) is 10.6 Å². The first-order chi connectivity index (χ1) is 9.40. The molecule has 20 heavy (non-hydrogen) atoms. The number of hydrogen-bond acceptors (Lipinski definition) is 2. The van der Waals surface area contributed by atoms with Crippen LogP contribution in [-0.4, -0.2) is 17.2 Å². The molecule has 0 saturated heterocycles. The molecule has 1 saturated carbocycles. The normalized spacial score (nSPS) is 16.9. The lowest BCUT2D eigenvalue weighted by molar-refractivity contribution is -0.211. The Balaban J connectivity index is 2.30. The summed E-state index contributed by atoms with van der Waals surface area (Å²) in [7, 11) is 0. The van der Waals surface area contributed by atoms with Crippen molar-refractivity contribution in [3.05, 3.63) is 28.8 Å². The quantitative estimate of drug-likeness (QED) is 0.894. The topological polar surface area (TPSA) is 46.5 Å². The third-order valence-electron chi connectivity index (χ3n) is 3.50. The van der Waals surface area contributed by atoms with Crippen LogP contribution in [0.25, 0.3) is 0 Å². The van der Waals surface area contributed by atoms with Gasteiger partial charge in [-0.3, -0.25) is 0 Å². The van der Waals surface area contributed by atoms with Crippen molar-refractivity contribution in [3.63, 3.8) is 0 Å². The van der Waals surface area contributed by atoms with Gasteiger partial charge in [-0.25, -0.2) is 4.79 Å². The number of benzene rings is 1. The summed E-state index contributed by atoms with van der Waals surface area (Å²) in [6, 6.07) is 4.31. The first-order valence-electron chi connectivity index (χ1n) is 6.50. The van der Waals surface area contributed by atoms with Crippen molar-refractivity contribution in [3.8, 4) is 5.75 Å². The summed E-state index contributed by atoms with van der Waals surface area (Å²) in [5.41, 5.74) is 0.568. The average molecular weight is 305 g/mol. The van der Waals surface area contributed by atoms with E-state index in [1.54, 1.807) is 6.07 Å². The molecule has 0 bridgehead atoms. The number of rotatable bonds is 4. The smallest absolute Gasteiger partial charge is 0.474 e. The molecule has 1 aromatic rings. The van der Waals surface area contributed by atoms with Crippen LogP contribution >= 0.6 is 11.6 Å². The summed E-state index contributed by atoms with van der Waals surface area (Å²) in [6.07, 6.45) is 0.665. The minimum absolute atomic E-state index is 0.0852. The molecule has 3 nitrogen and oxygen atoms in total. The second-order valence-electron chi connectivity index (χ2n) is 4.94. The standard InChI is InChI=1S/C14H15ClF2O3/c15-10-6-7-12(20-14(16,17)13(18)19)11(8-10)9-4-2-1-3-5-9/h6-9H,1-5H2,(H,18,19). The SMILES string of the molecule is O=C(O)C(F)(F)Oc1ccc(Cl)cc1C1CCCCC1. The summed E-state index contributed by atoms with van der Waals surface area (Å²) in [4.78, 5) is 10.5. The first kappa shape index (κ1) is 15.0. The Bertz CT molecular complexity index is 499. The van der Waals surface area contributed by atoms with Crippen molar-refractivity contribution < 1.29 is 23.4 Å². The van der Waals surface area contributed by atoms with Gasteiger partial charge in [0.25, 0.3) is 0 Å². The predicted octanol–water partition coefficient (Wildman–Crippen LogP) is 4.44. The van der Waals surface area contributed by atoms with Gasteiger partial charge in [-0.15, -0.1) is 0 Å². The Kier molecular flexibility index (Phi) is 4.48. The van der Waals surface area contributed by atoms with Crippen molar-refractivity contribution >= 4 is 17.6 Å². The number of ether oxygens (including phenoxy) is 1. The molecule has 0 aliphatic heterocycles. The van der Waals surface area contributed by atoms with E-state index in [0.717, 1.165) is 32.1 Å². The molecule has 0 amide bonds. The van der Waals surface area contributed by atoms with Crippen LogP contribution in [0.2, 0.25) is 5.02 Å². The maximum Gasteiger partial charge on any atom is 0.501 e. The number of carbonyl (C=O) groups is 1. The van der Waals surface area contributed by atoms with E-state index >= 15 is 0 Å². The summed E-state index contributed by atoms with van der Waals surface area (Å²) in [5, 5.41) is 8.88. The zero-order valence-electron chi connectivity index (χ0n) is 10.7. The Hall–Kier alpha value is -1.36. The summed E-state index contributed by atoms with van der Waals surface area (Å²) < 4.78 is 30.9. The molecule has 1 fully saturated rings. The molecule has 110 valence electrons. The third kappa shape index (κ3) is 3.39. The second kappa shape index (κ2) is 5.95. The van der Waals surface area contributed by atoms with E-state index in [2.05, 4.69) is 4.74 Å². The van der Waals surface area contributed by atoms with Gasteiger partial charge in [0.2, 0.25) is 0 Å². The van der Waals surface area contributed by atoms with Crippen LogP contribution in [-0.2, 0) is 4.79 Å². The maximum absolute atomic E-state index is 13.2. The minimum Gasteiger partial charge on any atom is -0.474 e. The number of aliphatic carboxylic acids is 1. The van der Waals surface area contributed by atoms with Gasteiger partial charge in [0, 0.05) is 5.02 Å². The number of carboxylic acid groups (broad SMARTS) is 1. The van der Waals surface area contributed by atoms with Crippen LogP contribution in [0, 0.1) is 0 Å². The van der Waals surface area contributed by atoms with E-state index in [-0.39, 0.29) is 11.7 Å².